The third kappa shape index (κ3) is 4.15. The summed E-state index contributed by atoms with van der Waals surface area (Å²) in [5.74, 6) is -0.0865. The summed E-state index contributed by atoms with van der Waals surface area (Å²) in [6.07, 6.45) is -0.429. The first-order chi connectivity index (χ1) is 6.88. The van der Waals surface area contributed by atoms with Crippen molar-refractivity contribution < 1.29 is 14.3 Å². The Morgan fingerprint density at radius 2 is 1.73 bits per heavy atom. The van der Waals surface area contributed by atoms with Crippen molar-refractivity contribution in [3.8, 4) is 0 Å². The Balaban J connectivity index is 4.29. The van der Waals surface area contributed by atoms with Crippen LogP contribution in [0.4, 0.5) is 0 Å². The number of rotatable bonds is 6. The van der Waals surface area contributed by atoms with Crippen molar-refractivity contribution in [3.63, 3.8) is 0 Å². The molecule has 0 heterocycles. The first-order valence-electron chi connectivity index (χ1n) is 4.94. The summed E-state index contributed by atoms with van der Waals surface area (Å²) < 4.78 is 10.1. The molecule has 0 aliphatic heterocycles. The third-order valence-electron chi connectivity index (χ3n) is 2.42. The zero-order chi connectivity index (χ0) is 12.1. The molecule has 0 radical (unpaired) electrons. The lowest BCUT2D eigenvalue weighted by atomic mass is 10.0. The monoisotopic (exact) mass is 218 g/mol. The minimum absolute atomic E-state index is 0.0865. The highest BCUT2D eigenvalue weighted by Gasteiger charge is 2.28. The molecule has 1 atom stereocenters. The zero-order valence-electron chi connectivity index (χ0n) is 10.4. The van der Waals surface area contributed by atoms with Crippen LogP contribution in [-0.4, -0.2) is 45.0 Å². The molecule has 15 heavy (non-hydrogen) atoms. The molecule has 0 rings (SSSR count). The van der Waals surface area contributed by atoms with E-state index in [9.17, 15) is 4.79 Å². The minimum atomic E-state index is -0.597. The fourth-order valence-electron chi connectivity index (χ4n) is 1.07. The van der Waals surface area contributed by atoms with Gasteiger partial charge < -0.3 is 20.1 Å². The number of carbonyl (C=O) groups excluding carboxylic acids is 1. The predicted octanol–water partition coefficient (Wildman–Crippen LogP) is 0.108. The van der Waals surface area contributed by atoms with Gasteiger partial charge in [-0.2, -0.15) is 0 Å². The maximum absolute atomic E-state index is 11.8. The van der Waals surface area contributed by atoms with Crippen LogP contribution in [0.25, 0.3) is 0 Å². The highest BCUT2D eigenvalue weighted by atomic mass is 16.7. The normalized spacial score (nSPS) is 14.1. The van der Waals surface area contributed by atoms with Crippen LogP contribution >= 0.6 is 0 Å². The smallest absolute Gasteiger partial charge is 0.240 e. The fourth-order valence-corrected chi connectivity index (χ4v) is 1.07. The summed E-state index contributed by atoms with van der Waals surface area (Å²) in [7, 11) is 4.83. The zero-order valence-corrected chi connectivity index (χ0v) is 10.4. The van der Waals surface area contributed by atoms with Crippen LogP contribution in [0, 0.1) is 0 Å². The molecule has 0 aliphatic carbocycles. The van der Waals surface area contributed by atoms with Crippen molar-refractivity contribution >= 4 is 5.91 Å². The highest BCUT2D eigenvalue weighted by Crippen LogP contribution is 2.04. The maximum atomic E-state index is 11.8. The number of hydrogen-bond donors (Lipinski definition) is 2. The summed E-state index contributed by atoms with van der Waals surface area (Å²) in [6.45, 7) is 5.45. The van der Waals surface area contributed by atoms with Crippen LogP contribution < -0.4 is 10.6 Å². The lowest BCUT2D eigenvalue weighted by Crippen LogP contribution is -2.55. The quantitative estimate of drug-likeness (QED) is 0.621. The average molecular weight is 218 g/mol. The van der Waals surface area contributed by atoms with Gasteiger partial charge in [0.15, 0.2) is 6.29 Å². The molecule has 0 spiro atoms. The molecule has 5 heteroatoms. The van der Waals surface area contributed by atoms with Crippen LogP contribution in [0.2, 0.25) is 0 Å². The van der Waals surface area contributed by atoms with Crippen molar-refractivity contribution in [2.75, 3.05) is 21.3 Å². The van der Waals surface area contributed by atoms with Crippen molar-refractivity contribution in [1.29, 1.82) is 0 Å². The van der Waals surface area contributed by atoms with Crippen LogP contribution in [0.5, 0.6) is 0 Å². The van der Waals surface area contributed by atoms with E-state index in [-0.39, 0.29) is 11.9 Å². The van der Waals surface area contributed by atoms with Crippen molar-refractivity contribution in [2.45, 2.75) is 38.6 Å². The van der Waals surface area contributed by atoms with Crippen LogP contribution in [-0.2, 0) is 14.3 Å². The Bertz CT molecular complexity index is 203. The molecule has 0 saturated heterocycles. The molecule has 5 nitrogen and oxygen atoms in total. The van der Waals surface area contributed by atoms with E-state index in [4.69, 9.17) is 9.47 Å². The molecule has 0 bridgehead atoms. The number of ether oxygens (including phenoxy) is 2. The average Bonchev–Trinajstić information content (AvgIpc) is 2.19. The standard InChI is InChI=1S/C10H22N2O3/c1-7(8(14-5)15-6)12-9(13)10(2,3)11-4/h7-8,11H,1-6H3,(H,12,13). The van der Waals surface area contributed by atoms with Gasteiger partial charge in [0.05, 0.1) is 11.6 Å². The van der Waals surface area contributed by atoms with Gasteiger partial charge in [-0.15, -0.1) is 0 Å². The highest BCUT2D eigenvalue weighted by molar-refractivity contribution is 5.85. The lowest BCUT2D eigenvalue weighted by molar-refractivity contribution is -0.139. The van der Waals surface area contributed by atoms with E-state index < -0.39 is 11.8 Å². The lowest BCUT2D eigenvalue weighted by Gasteiger charge is -2.28. The molecule has 0 fully saturated rings. The van der Waals surface area contributed by atoms with Gasteiger partial charge in [-0.3, -0.25) is 4.79 Å². The van der Waals surface area contributed by atoms with Crippen molar-refractivity contribution in [1.82, 2.24) is 10.6 Å². The van der Waals surface area contributed by atoms with E-state index in [2.05, 4.69) is 10.6 Å². The van der Waals surface area contributed by atoms with Gasteiger partial charge in [-0.1, -0.05) is 0 Å². The van der Waals surface area contributed by atoms with Crippen LogP contribution in [0.1, 0.15) is 20.8 Å². The number of amides is 1. The summed E-state index contributed by atoms with van der Waals surface area (Å²) in [6, 6.07) is -0.194. The summed E-state index contributed by atoms with van der Waals surface area (Å²) in [4.78, 5) is 11.8. The molecule has 0 aromatic heterocycles. The predicted molar refractivity (Wildman–Crippen MR) is 58.5 cm³/mol. The molecule has 0 saturated carbocycles. The van der Waals surface area contributed by atoms with Gasteiger partial charge in [0.2, 0.25) is 5.91 Å². The van der Waals surface area contributed by atoms with E-state index >= 15 is 0 Å². The van der Waals surface area contributed by atoms with E-state index in [0.29, 0.717) is 0 Å². The largest absolute Gasteiger partial charge is 0.354 e. The molecule has 0 aromatic carbocycles. The topological polar surface area (TPSA) is 59.6 Å². The molecule has 0 aliphatic rings. The maximum Gasteiger partial charge on any atom is 0.240 e. The summed E-state index contributed by atoms with van der Waals surface area (Å²) >= 11 is 0. The van der Waals surface area contributed by atoms with Crippen molar-refractivity contribution in [3.05, 3.63) is 0 Å². The SMILES string of the molecule is CNC(C)(C)C(=O)NC(C)C(OC)OC. The van der Waals surface area contributed by atoms with Gasteiger partial charge in [-0.25, -0.2) is 0 Å². The van der Waals surface area contributed by atoms with E-state index in [1.54, 1.807) is 21.3 Å². The second-order valence-corrected chi connectivity index (χ2v) is 3.98. The van der Waals surface area contributed by atoms with Gasteiger partial charge in [0.25, 0.3) is 0 Å². The molecule has 1 amide bonds. The van der Waals surface area contributed by atoms with E-state index in [1.807, 2.05) is 20.8 Å². The number of hydrogen-bond acceptors (Lipinski definition) is 4. The van der Waals surface area contributed by atoms with Crippen molar-refractivity contribution in [2.24, 2.45) is 0 Å². The summed E-state index contributed by atoms with van der Waals surface area (Å²) in [5.41, 5.74) is -0.597. The molecule has 2 N–H and O–H groups in total. The first-order valence-corrected chi connectivity index (χ1v) is 4.94. The second-order valence-electron chi connectivity index (χ2n) is 3.98. The van der Waals surface area contributed by atoms with Crippen LogP contribution in [0.15, 0.2) is 0 Å². The minimum Gasteiger partial charge on any atom is -0.354 e. The summed E-state index contributed by atoms with van der Waals surface area (Å²) in [5, 5.41) is 5.75. The molecule has 1 unspecified atom stereocenters. The van der Waals surface area contributed by atoms with Gasteiger partial charge in [-0.05, 0) is 27.8 Å². The molecular weight excluding hydrogens is 196 g/mol. The number of likely N-dealkylation sites (N-methyl/N-ethyl adjacent to an activating group) is 1. The fraction of sp³-hybridized carbons (Fsp3) is 0.900. The Labute approximate surface area is 91.5 Å². The number of carbonyl (C=O) groups is 1. The van der Waals surface area contributed by atoms with Crippen LogP contribution in [0.3, 0.4) is 0 Å². The number of methoxy groups -OCH3 is 2. The van der Waals surface area contributed by atoms with Gasteiger partial charge in [0, 0.05) is 14.2 Å². The first kappa shape index (κ1) is 14.3. The van der Waals surface area contributed by atoms with Gasteiger partial charge in [0.1, 0.15) is 0 Å². The molecule has 90 valence electrons. The Kier molecular flexibility index (Phi) is 5.79. The second kappa shape index (κ2) is 6.05. The third-order valence-corrected chi connectivity index (χ3v) is 2.42. The van der Waals surface area contributed by atoms with E-state index in [0.717, 1.165) is 0 Å². The molecular formula is C10H22N2O3. The number of nitrogens with one attached hydrogen (secondary N) is 2. The Morgan fingerprint density at radius 3 is 2.07 bits per heavy atom. The molecule has 0 aromatic rings. The Hall–Kier alpha value is -0.650. The van der Waals surface area contributed by atoms with Gasteiger partial charge >= 0.3 is 0 Å². The van der Waals surface area contributed by atoms with E-state index in [1.165, 1.54) is 0 Å². The Morgan fingerprint density at radius 1 is 1.27 bits per heavy atom.